The number of hydrogen-bond donors (Lipinski definition) is 0. The van der Waals surface area contributed by atoms with Crippen LogP contribution in [0.1, 0.15) is 12.0 Å². The summed E-state index contributed by atoms with van der Waals surface area (Å²) in [5, 5.41) is 0. The summed E-state index contributed by atoms with van der Waals surface area (Å²) >= 11 is 0. The van der Waals surface area contributed by atoms with Gasteiger partial charge in [0, 0.05) is 0 Å². The molecule has 1 rings (SSSR count). The van der Waals surface area contributed by atoms with Crippen LogP contribution >= 0.6 is 0 Å². The van der Waals surface area contributed by atoms with Gasteiger partial charge in [0.25, 0.3) is 0 Å². The molecule has 1 atom stereocenters. The van der Waals surface area contributed by atoms with Crippen molar-refractivity contribution in [3.05, 3.63) is 35.9 Å². The Labute approximate surface area is 101 Å². The quantitative estimate of drug-likeness (QED) is 0.728. The van der Waals surface area contributed by atoms with E-state index in [-0.39, 0.29) is 12.4 Å². The van der Waals surface area contributed by atoms with Crippen LogP contribution in [0.3, 0.4) is 0 Å². The summed E-state index contributed by atoms with van der Waals surface area (Å²) in [6.07, 6.45) is 0.515. The number of rotatable bonds is 5. The molecule has 0 aliphatic heterocycles. The average molecular weight is 236 g/mol. The van der Waals surface area contributed by atoms with Crippen LogP contribution in [-0.4, -0.2) is 26.2 Å². The van der Waals surface area contributed by atoms with Crippen LogP contribution in [-0.2, 0) is 25.5 Å². The van der Waals surface area contributed by atoms with Crippen LogP contribution < -0.4 is 0 Å². The lowest BCUT2D eigenvalue weighted by Crippen LogP contribution is -2.22. The zero-order valence-electron chi connectivity index (χ0n) is 10.0. The van der Waals surface area contributed by atoms with E-state index in [4.69, 9.17) is 0 Å². The van der Waals surface area contributed by atoms with Gasteiger partial charge in [0.15, 0.2) is 0 Å². The Morgan fingerprint density at radius 1 is 1.12 bits per heavy atom. The highest BCUT2D eigenvalue weighted by atomic mass is 16.5. The minimum Gasteiger partial charge on any atom is -0.469 e. The molecule has 92 valence electrons. The van der Waals surface area contributed by atoms with E-state index in [9.17, 15) is 9.59 Å². The van der Waals surface area contributed by atoms with Gasteiger partial charge in [0.1, 0.15) is 0 Å². The zero-order chi connectivity index (χ0) is 12.7. The van der Waals surface area contributed by atoms with Crippen LogP contribution in [0.25, 0.3) is 0 Å². The predicted octanol–water partition coefficient (Wildman–Crippen LogP) is 1.58. The molecule has 4 nitrogen and oxygen atoms in total. The number of hydrogen-bond acceptors (Lipinski definition) is 4. The number of carbonyl (C=O) groups excluding carboxylic acids is 2. The Bertz CT molecular complexity index is 372. The van der Waals surface area contributed by atoms with Gasteiger partial charge in [-0.1, -0.05) is 30.3 Å². The van der Waals surface area contributed by atoms with Crippen LogP contribution in [0.15, 0.2) is 30.3 Å². The monoisotopic (exact) mass is 236 g/mol. The van der Waals surface area contributed by atoms with Gasteiger partial charge < -0.3 is 9.47 Å². The van der Waals surface area contributed by atoms with Crippen molar-refractivity contribution < 1.29 is 19.1 Å². The highest BCUT2D eigenvalue weighted by Crippen LogP contribution is 2.14. The second-order valence-corrected chi connectivity index (χ2v) is 3.69. The van der Waals surface area contributed by atoms with Crippen LogP contribution in [0.5, 0.6) is 0 Å². The molecule has 0 radical (unpaired) electrons. The maximum absolute atomic E-state index is 11.5. The van der Waals surface area contributed by atoms with E-state index in [1.54, 1.807) is 0 Å². The molecule has 0 spiro atoms. The molecule has 0 aliphatic rings. The lowest BCUT2D eigenvalue weighted by atomic mass is 9.96. The highest BCUT2D eigenvalue weighted by Gasteiger charge is 2.23. The lowest BCUT2D eigenvalue weighted by Gasteiger charge is -2.13. The normalized spacial score (nSPS) is 11.6. The van der Waals surface area contributed by atoms with Crippen molar-refractivity contribution in [2.24, 2.45) is 5.92 Å². The zero-order valence-corrected chi connectivity index (χ0v) is 10.0. The van der Waals surface area contributed by atoms with Crippen molar-refractivity contribution >= 4 is 11.9 Å². The van der Waals surface area contributed by atoms with E-state index in [2.05, 4.69) is 9.47 Å². The van der Waals surface area contributed by atoms with E-state index in [0.29, 0.717) is 6.42 Å². The Balaban J connectivity index is 2.70. The van der Waals surface area contributed by atoms with E-state index in [0.717, 1.165) is 5.56 Å². The summed E-state index contributed by atoms with van der Waals surface area (Å²) < 4.78 is 9.25. The first-order valence-corrected chi connectivity index (χ1v) is 5.36. The Hall–Kier alpha value is -1.84. The molecule has 1 unspecified atom stereocenters. The van der Waals surface area contributed by atoms with Crippen molar-refractivity contribution in [1.82, 2.24) is 0 Å². The highest BCUT2D eigenvalue weighted by molar-refractivity contribution is 5.80. The Morgan fingerprint density at radius 3 is 2.29 bits per heavy atom. The molecule has 0 amide bonds. The fourth-order valence-electron chi connectivity index (χ4n) is 1.59. The fraction of sp³-hybridized carbons (Fsp3) is 0.385. The molecule has 0 aromatic heterocycles. The average Bonchev–Trinajstić information content (AvgIpc) is 2.38. The maximum Gasteiger partial charge on any atom is 0.309 e. The largest absolute Gasteiger partial charge is 0.469 e. The molecule has 0 bridgehead atoms. The molecule has 0 saturated carbocycles. The van der Waals surface area contributed by atoms with E-state index < -0.39 is 11.9 Å². The first-order valence-electron chi connectivity index (χ1n) is 5.36. The van der Waals surface area contributed by atoms with Gasteiger partial charge in [-0.05, 0) is 12.0 Å². The molecule has 1 aromatic rings. The van der Waals surface area contributed by atoms with E-state index in [1.165, 1.54) is 14.2 Å². The summed E-state index contributed by atoms with van der Waals surface area (Å²) in [5.74, 6) is -1.29. The molecule has 0 fully saturated rings. The van der Waals surface area contributed by atoms with Crippen molar-refractivity contribution in [2.45, 2.75) is 12.8 Å². The smallest absolute Gasteiger partial charge is 0.309 e. The Kier molecular flexibility index (Phi) is 5.20. The maximum atomic E-state index is 11.5. The summed E-state index contributed by atoms with van der Waals surface area (Å²) in [4.78, 5) is 22.7. The van der Waals surface area contributed by atoms with E-state index in [1.807, 2.05) is 30.3 Å². The summed E-state index contributed by atoms with van der Waals surface area (Å²) in [5.41, 5.74) is 0.992. The number of esters is 2. The van der Waals surface area contributed by atoms with Gasteiger partial charge in [0.2, 0.25) is 0 Å². The molecule has 17 heavy (non-hydrogen) atoms. The first kappa shape index (κ1) is 13.2. The number of benzene rings is 1. The summed E-state index contributed by atoms with van der Waals surface area (Å²) in [7, 11) is 2.62. The first-order chi connectivity index (χ1) is 8.17. The number of ether oxygens (including phenoxy) is 2. The summed E-state index contributed by atoms with van der Waals surface area (Å²) in [6.45, 7) is 0. The lowest BCUT2D eigenvalue weighted by molar-refractivity contribution is -0.151. The van der Waals surface area contributed by atoms with Gasteiger partial charge in [0.05, 0.1) is 26.6 Å². The van der Waals surface area contributed by atoms with Crippen LogP contribution in [0.4, 0.5) is 0 Å². The summed E-state index contributed by atoms with van der Waals surface area (Å²) in [6, 6.07) is 9.50. The van der Waals surface area contributed by atoms with Gasteiger partial charge in [-0.25, -0.2) is 0 Å². The molecule has 0 heterocycles. The van der Waals surface area contributed by atoms with Crippen LogP contribution in [0, 0.1) is 5.92 Å². The van der Waals surface area contributed by atoms with Crippen molar-refractivity contribution in [3.63, 3.8) is 0 Å². The van der Waals surface area contributed by atoms with Crippen molar-refractivity contribution in [1.29, 1.82) is 0 Å². The Morgan fingerprint density at radius 2 is 1.76 bits per heavy atom. The van der Waals surface area contributed by atoms with Gasteiger partial charge in [-0.15, -0.1) is 0 Å². The number of methoxy groups -OCH3 is 2. The van der Waals surface area contributed by atoms with Crippen molar-refractivity contribution in [2.75, 3.05) is 14.2 Å². The third-order valence-electron chi connectivity index (χ3n) is 2.50. The second-order valence-electron chi connectivity index (χ2n) is 3.69. The van der Waals surface area contributed by atoms with Gasteiger partial charge in [-0.3, -0.25) is 9.59 Å². The molecular weight excluding hydrogens is 220 g/mol. The second kappa shape index (κ2) is 6.68. The standard InChI is InChI=1S/C13H16O4/c1-16-12(14)9-11(13(15)17-2)8-10-6-4-3-5-7-10/h3-7,11H,8-9H2,1-2H3. The van der Waals surface area contributed by atoms with Gasteiger partial charge in [-0.2, -0.15) is 0 Å². The van der Waals surface area contributed by atoms with Gasteiger partial charge >= 0.3 is 11.9 Å². The minimum atomic E-state index is -0.491. The minimum absolute atomic E-state index is 0.0397. The molecule has 4 heteroatoms. The predicted molar refractivity (Wildman–Crippen MR) is 62.3 cm³/mol. The topological polar surface area (TPSA) is 52.6 Å². The molecule has 1 aromatic carbocycles. The molecule has 0 N–H and O–H groups in total. The number of carbonyl (C=O) groups is 2. The SMILES string of the molecule is COC(=O)CC(Cc1ccccc1)C(=O)OC. The molecule has 0 saturated heterocycles. The molecular formula is C13H16O4. The van der Waals surface area contributed by atoms with Crippen molar-refractivity contribution in [3.8, 4) is 0 Å². The van der Waals surface area contributed by atoms with E-state index >= 15 is 0 Å². The molecule has 0 aliphatic carbocycles. The fourth-order valence-corrected chi connectivity index (χ4v) is 1.59. The third kappa shape index (κ3) is 4.26. The van der Waals surface area contributed by atoms with Crippen LogP contribution in [0.2, 0.25) is 0 Å². The third-order valence-corrected chi connectivity index (χ3v) is 2.50.